The van der Waals surface area contributed by atoms with Crippen molar-refractivity contribution in [3.63, 3.8) is 0 Å². The van der Waals surface area contributed by atoms with Crippen molar-refractivity contribution in [3.8, 4) is 0 Å². The Balaban J connectivity index is 1.68. The first kappa shape index (κ1) is 16.5. The number of hydrogen-bond acceptors (Lipinski definition) is 1. The molecule has 3 rings (SSSR count). The Morgan fingerprint density at radius 3 is 2.00 bits per heavy atom. The standard InChI is InChI=1S/C21H30O2/c1-20(2,3)17-9-5-15(6-10-17)16-7-11-18(12-8-16)21(19(22)23)13-4-14-21/h7-8,11-12,15,17H,4-6,9-10,13-14H2,1-3H3,(H,22,23). The van der Waals surface area contributed by atoms with E-state index in [1.165, 1.54) is 31.2 Å². The first-order valence-electron chi connectivity index (χ1n) is 9.17. The van der Waals surface area contributed by atoms with Crippen molar-refractivity contribution in [2.45, 2.75) is 77.0 Å². The predicted octanol–water partition coefficient (Wildman–Crippen LogP) is 5.51. The maximum Gasteiger partial charge on any atom is 0.314 e. The van der Waals surface area contributed by atoms with Crippen LogP contribution >= 0.6 is 0 Å². The maximum absolute atomic E-state index is 11.6. The summed E-state index contributed by atoms with van der Waals surface area (Å²) in [5.41, 5.74) is 2.24. The van der Waals surface area contributed by atoms with Crippen molar-refractivity contribution >= 4 is 5.97 Å². The highest BCUT2D eigenvalue weighted by Gasteiger charge is 2.45. The van der Waals surface area contributed by atoms with Crippen LogP contribution in [0.4, 0.5) is 0 Å². The molecular formula is C21H30O2. The number of aliphatic carboxylic acids is 1. The Labute approximate surface area is 140 Å². The lowest BCUT2D eigenvalue weighted by Crippen LogP contribution is -2.42. The van der Waals surface area contributed by atoms with E-state index in [2.05, 4.69) is 45.0 Å². The minimum Gasteiger partial charge on any atom is -0.481 e. The van der Waals surface area contributed by atoms with E-state index in [9.17, 15) is 9.90 Å². The van der Waals surface area contributed by atoms with Crippen molar-refractivity contribution in [2.75, 3.05) is 0 Å². The highest BCUT2D eigenvalue weighted by Crippen LogP contribution is 2.46. The van der Waals surface area contributed by atoms with Crippen LogP contribution < -0.4 is 0 Å². The average molecular weight is 314 g/mol. The van der Waals surface area contributed by atoms with E-state index in [0.717, 1.165) is 30.7 Å². The van der Waals surface area contributed by atoms with Gasteiger partial charge in [-0.1, -0.05) is 51.5 Å². The van der Waals surface area contributed by atoms with Crippen LogP contribution in [0, 0.1) is 11.3 Å². The molecule has 0 amide bonds. The number of benzene rings is 1. The summed E-state index contributed by atoms with van der Waals surface area (Å²) >= 11 is 0. The summed E-state index contributed by atoms with van der Waals surface area (Å²) in [4.78, 5) is 11.6. The van der Waals surface area contributed by atoms with E-state index in [1.807, 2.05) is 0 Å². The zero-order valence-corrected chi connectivity index (χ0v) is 14.8. The van der Waals surface area contributed by atoms with Gasteiger partial charge in [0.25, 0.3) is 0 Å². The molecule has 0 heterocycles. The van der Waals surface area contributed by atoms with Crippen molar-refractivity contribution in [3.05, 3.63) is 35.4 Å². The maximum atomic E-state index is 11.6. The monoisotopic (exact) mass is 314 g/mol. The summed E-state index contributed by atoms with van der Waals surface area (Å²) in [5, 5.41) is 9.56. The van der Waals surface area contributed by atoms with E-state index >= 15 is 0 Å². The van der Waals surface area contributed by atoms with Gasteiger partial charge in [0.2, 0.25) is 0 Å². The summed E-state index contributed by atoms with van der Waals surface area (Å²) in [6, 6.07) is 8.55. The highest BCUT2D eigenvalue weighted by atomic mass is 16.4. The summed E-state index contributed by atoms with van der Waals surface area (Å²) in [5.74, 6) is 0.843. The minimum atomic E-state index is -0.651. The molecule has 2 aliphatic carbocycles. The Morgan fingerprint density at radius 2 is 1.61 bits per heavy atom. The van der Waals surface area contributed by atoms with Gasteiger partial charge >= 0.3 is 5.97 Å². The van der Waals surface area contributed by atoms with Gasteiger partial charge in [-0.3, -0.25) is 4.79 Å². The molecule has 2 aliphatic rings. The lowest BCUT2D eigenvalue weighted by molar-refractivity contribution is -0.147. The third kappa shape index (κ3) is 3.05. The smallest absolute Gasteiger partial charge is 0.314 e. The first-order chi connectivity index (χ1) is 10.8. The van der Waals surface area contributed by atoms with Crippen molar-refractivity contribution < 1.29 is 9.90 Å². The molecule has 1 N–H and O–H groups in total. The zero-order chi connectivity index (χ0) is 16.7. The fraction of sp³-hybridized carbons (Fsp3) is 0.667. The molecule has 2 fully saturated rings. The number of carboxylic acids is 1. The van der Waals surface area contributed by atoms with E-state index in [0.29, 0.717) is 11.3 Å². The zero-order valence-electron chi connectivity index (χ0n) is 14.8. The average Bonchev–Trinajstić information content (AvgIpc) is 2.46. The van der Waals surface area contributed by atoms with Gasteiger partial charge < -0.3 is 5.11 Å². The number of hydrogen-bond donors (Lipinski definition) is 1. The lowest BCUT2D eigenvalue weighted by atomic mass is 9.64. The second-order valence-corrected chi connectivity index (χ2v) is 8.78. The van der Waals surface area contributed by atoms with Crippen LogP contribution in [0.25, 0.3) is 0 Å². The van der Waals surface area contributed by atoms with Gasteiger partial charge in [0.1, 0.15) is 0 Å². The van der Waals surface area contributed by atoms with Crippen LogP contribution in [0.15, 0.2) is 24.3 Å². The van der Waals surface area contributed by atoms with Gasteiger partial charge in [-0.2, -0.15) is 0 Å². The van der Waals surface area contributed by atoms with Gasteiger partial charge in [-0.25, -0.2) is 0 Å². The summed E-state index contributed by atoms with van der Waals surface area (Å²) in [6.45, 7) is 7.07. The van der Waals surface area contributed by atoms with E-state index in [-0.39, 0.29) is 0 Å². The molecular weight excluding hydrogens is 284 g/mol. The van der Waals surface area contributed by atoms with Gasteiger partial charge in [-0.15, -0.1) is 0 Å². The minimum absolute atomic E-state index is 0.424. The second kappa shape index (κ2) is 5.96. The molecule has 126 valence electrons. The van der Waals surface area contributed by atoms with E-state index in [4.69, 9.17) is 0 Å². The summed E-state index contributed by atoms with van der Waals surface area (Å²) in [6.07, 6.45) is 7.78. The van der Waals surface area contributed by atoms with E-state index < -0.39 is 11.4 Å². The van der Waals surface area contributed by atoms with Crippen molar-refractivity contribution in [1.82, 2.24) is 0 Å². The molecule has 23 heavy (non-hydrogen) atoms. The van der Waals surface area contributed by atoms with Crippen LogP contribution in [-0.4, -0.2) is 11.1 Å². The van der Waals surface area contributed by atoms with Crippen LogP contribution in [0.2, 0.25) is 0 Å². The predicted molar refractivity (Wildman–Crippen MR) is 93.8 cm³/mol. The quantitative estimate of drug-likeness (QED) is 0.798. The molecule has 0 radical (unpaired) electrons. The number of carboxylic acid groups (broad SMARTS) is 1. The normalized spacial score (nSPS) is 27.3. The first-order valence-corrected chi connectivity index (χ1v) is 9.17. The summed E-state index contributed by atoms with van der Waals surface area (Å²) in [7, 11) is 0. The molecule has 1 aromatic rings. The van der Waals surface area contributed by atoms with Crippen LogP contribution in [0.3, 0.4) is 0 Å². The van der Waals surface area contributed by atoms with Crippen LogP contribution in [-0.2, 0) is 10.2 Å². The van der Waals surface area contributed by atoms with Crippen molar-refractivity contribution in [1.29, 1.82) is 0 Å². The molecule has 0 saturated heterocycles. The third-order valence-corrected chi connectivity index (χ3v) is 6.50. The molecule has 2 nitrogen and oxygen atoms in total. The van der Waals surface area contributed by atoms with Gasteiger partial charge in [0, 0.05) is 0 Å². The number of rotatable bonds is 3. The molecule has 2 heteroatoms. The lowest BCUT2D eigenvalue weighted by Gasteiger charge is -2.39. The van der Waals surface area contributed by atoms with Gasteiger partial charge in [0.15, 0.2) is 0 Å². The molecule has 0 aliphatic heterocycles. The van der Waals surface area contributed by atoms with Crippen LogP contribution in [0.5, 0.6) is 0 Å². The largest absolute Gasteiger partial charge is 0.481 e. The molecule has 0 unspecified atom stereocenters. The Kier molecular flexibility index (Phi) is 4.29. The van der Waals surface area contributed by atoms with Gasteiger partial charge in [-0.05, 0) is 66.9 Å². The summed E-state index contributed by atoms with van der Waals surface area (Å²) < 4.78 is 0. The molecule has 0 spiro atoms. The fourth-order valence-electron chi connectivity index (χ4n) is 4.52. The van der Waals surface area contributed by atoms with E-state index in [1.54, 1.807) is 0 Å². The molecule has 0 bridgehead atoms. The third-order valence-electron chi connectivity index (χ3n) is 6.50. The Bertz CT molecular complexity index is 552. The topological polar surface area (TPSA) is 37.3 Å². The fourth-order valence-corrected chi connectivity index (χ4v) is 4.52. The van der Waals surface area contributed by atoms with Gasteiger partial charge in [0.05, 0.1) is 5.41 Å². The SMILES string of the molecule is CC(C)(C)C1CCC(c2ccc(C3(C(=O)O)CCC3)cc2)CC1. The van der Waals surface area contributed by atoms with Crippen LogP contribution in [0.1, 0.15) is 82.8 Å². The number of carbonyl (C=O) groups is 1. The molecule has 1 aromatic carbocycles. The highest BCUT2D eigenvalue weighted by molar-refractivity contribution is 5.82. The molecule has 0 aromatic heterocycles. The second-order valence-electron chi connectivity index (χ2n) is 8.78. The van der Waals surface area contributed by atoms with Crippen molar-refractivity contribution in [2.24, 2.45) is 11.3 Å². The Morgan fingerprint density at radius 1 is 1.04 bits per heavy atom. The molecule has 0 atom stereocenters. The molecule has 2 saturated carbocycles. The Hall–Kier alpha value is -1.31.